The van der Waals surface area contributed by atoms with Crippen LogP contribution in [0.3, 0.4) is 0 Å². The average Bonchev–Trinajstić information content (AvgIpc) is 2.32. The van der Waals surface area contributed by atoms with Gasteiger partial charge in [0, 0.05) is 14.1 Å². The van der Waals surface area contributed by atoms with E-state index in [0.29, 0.717) is 15.7 Å². The van der Waals surface area contributed by atoms with Crippen LogP contribution in [0.4, 0.5) is 10.1 Å². The molecule has 0 saturated carbocycles. The van der Waals surface area contributed by atoms with Crippen LogP contribution in [-0.2, 0) is 0 Å². The van der Waals surface area contributed by atoms with Crippen LogP contribution in [0.1, 0.15) is 0 Å². The van der Waals surface area contributed by atoms with Gasteiger partial charge in [0.15, 0.2) is 0 Å². The number of rotatable bonds is 2. The average molecular weight is 284 g/mol. The Morgan fingerprint density at radius 2 is 1.50 bits per heavy atom. The number of anilines is 1. The van der Waals surface area contributed by atoms with Gasteiger partial charge in [-0.3, -0.25) is 0 Å². The highest BCUT2D eigenvalue weighted by molar-refractivity contribution is 6.42. The van der Waals surface area contributed by atoms with Gasteiger partial charge in [0.1, 0.15) is 5.82 Å². The lowest BCUT2D eigenvalue weighted by atomic mass is 10.1. The van der Waals surface area contributed by atoms with Gasteiger partial charge in [-0.15, -0.1) is 0 Å². The molecule has 0 heterocycles. The molecule has 0 aliphatic carbocycles. The number of hydrogen-bond acceptors (Lipinski definition) is 1. The standard InChI is InChI=1S/C14H12Cl2FN/c1-18(2)14-6-4-10(8-13(14)17)9-3-5-11(15)12(16)7-9/h3-8H,1-2H3. The number of halogens is 3. The Labute approximate surface area is 116 Å². The zero-order valence-electron chi connectivity index (χ0n) is 10.0. The number of benzene rings is 2. The molecule has 0 radical (unpaired) electrons. The van der Waals surface area contributed by atoms with Gasteiger partial charge in [-0.1, -0.05) is 35.3 Å². The highest BCUT2D eigenvalue weighted by atomic mass is 35.5. The lowest BCUT2D eigenvalue weighted by Gasteiger charge is -2.14. The SMILES string of the molecule is CN(C)c1ccc(-c2ccc(Cl)c(Cl)c2)cc1F. The molecule has 0 unspecified atom stereocenters. The van der Waals surface area contributed by atoms with Crippen molar-refractivity contribution < 1.29 is 4.39 Å². The third kappa shape index (κ3) is 2.60. The number of hydrogen-bond donors (Lipinski definition) is 0. The molecule has 1 nitrogen and oxygen atoms in total. The van der Waals surface area contributed by atoms with Gasteiger partial charge in [0.25, 0.3) is 0 Å². The van der Waals surface area contributed by atoms with Gasteiger partial charge in [-0.05, 0) is 35.4 Å². The summed E-state index contributed by atoms with van der Waals surface area (Å²) < 4.78 is 13.9. The van der Waals surface area contributed by atoms with Crippen molar-refractivity contribution in [3.63, 3.8) is 0 Å². The minimum absolute atomic E-state index is 0.261. The van der Waals surface area contributed by atoms with E-state index in [1.165, 1.54) is 6.07 Å². The van der Waals surface area contributed by atoms with Gasteiger partial charge < -0.3 is 4.90 Å². The summed E-state index contributed by atoms with van der Waals surface area (Å²) in [5.41, 5.74) is 2.17. The van der Waals surface area contributed by atoms with Crippen LogP contribution in [0.25, 0.3) is 11.1 Å². The molecule has 0 spiro atoms. The molecule has 0 fully saturated rings. The van der Waals surface area contributed by atoms with E-state index >= 15 is 0 Å². The quantitative estimate of drug-likeness (QED) is 0.760. The summed E-state index contributed by atoms with van der Waals surface area (Å²) in [5.74, 6) is -0.261. The molecule has 0 amide bonds. The van der Waals surface area contributed by atoms with E-state index in [1.54, 1.807) is 37.2 Å². The van der Waals surface area contributed by atoms with E-state index in [9.17, 15) is 4.39 Å². The molecule has 0 aliphatic rings. The Morgan fingerprint density at radius 1 is 0.889 bits per heavy atom. The van der Waals surface area contributed by atoms with E-state index in [4.69, 9.17) is 23.2 Å². The lowest BCUT2D eigenvalue weighted by Crippen LogP contribution is -2.10. The Balaban J connectivity index is 2.45. The van der Waals surface area contributed by atoms with Crippen molar-refractivity contribution in [3.8, 4) is 11.1 Å². The van der Waals surface area contributed by atoms with Crippen molar-refractivity contribution >= 4 is 28.9 Å². The van der Waals surface area contributed by atoms with Crippen LogP contribution in [-0.4, -0.2) is 14.1 Å². The smallest absolute Gasteiger partial charge is 0.147 e. The third-order valence-electron chi connectivity index (χ3n) is 2.68. The molecule has 94 valence electrons. The Morgan fingerprint density at radius 3 is 2.06 bits per heavy atom. The molecule has 2 rings (SSSR count). The maximum Gasteiger partial charge on any atom is 0.147 e. The van der Waals surface area contributed by atoms with Gasteiger partial charge in [-0.2, -0.15) is 0 Å². The van der Waals surface area contributed by atoms with E-state index < -0.39 is 0 Å². The summed E-state index contributed by atoms with van der Waals surface area (Å²) in [6, 6.07) is 10.4. The monoisotopic (exact) mass is 283 g/mol. The molecule has 0 N–H and O–H groups in total. The molecule has 2 aromatic carbocycles. The molecule has 18 heavy (non-hydrogen) atoms. The molecular weight excluding hydrogens is 272 g/mol. The first-order valence-electron chi connectivity index (χ1n) is 5.41. The molecule has 0 saturated heterocycles. The van der Waals surface area contributed by atoms with Gasteiger partial charge in [0.2, 0.25) is 0 Å². The molecule has 0 bridgehead atoms. The van der Waals surface area contributed by atoms with Crippen molar-refractivity contribution in [1.82, 2.24) is 0 Å². The maximum atomic E-state index is 13.9. The topological polar surface area (TPSA) is 3.24 Å². The third-order valence-corrected chi connectivity index (χ3v) is 3.42. The summed E-state index contributed by atoms with van der Waals surface area (Å²) in [7, 11) is 3.61. The fourth-order valence-electron chi connectivity index (χ4n) is 1.72. The van der Waals surface area contributed by atoms with Crippen LogP contribution < -0.4 is 4.90 Å². The normalized spacial score (nSPS) is 10.5. The van der Waals surface area contributed by atoms with Crippen molar-refractivity contribution in [2.24, 2.45) is 0 Å². The van der Waals surface area contributed by atoms with E-state index in [2.05, 4.69) is 0 Å². The molecule has 0 atom stereocenters. The summed E-state index contributed by atoms with van der Waals surface area (Å²) >= 11 is 11.8. The van der Waals surface area contributed by atoms with Crippen molar-refractivity contribution in [2.75, 3.05) is 19.0 Å². The fourth-order valence-corrected chi connectivity index (χ4v) is 2.02. The summed E-state index contributed by atoms with van der Waals surface area (Å²) in [5, 5.41) is 0.956. The van der Waals surface area contributed by atoms with Crippen LogP contribution in [0, 0.1) is 5.82 Å². The largest absolute Gasteiger partial charge is 0.375 e. The first-order chi connectivity index (χ1) is 8.49. The van der Waals surface area contributed by atoms with Crippen LogP contribution in [0.2, 0.25) is 10.0 Å². The van der Waals surface area contributed by atoms with Crippen molar-refractivity contribution in [2.45, 2.75) is 0 Å². The maximum absolute atomic E-state index is 13.9. The number of nitrogens with zero attached hydrogens (tertiary/aromatic N) is 1. The molecule has 2 aromatic rings. The van der Waals surface area contributed by atoms with E-state index in [0.717, 1.165) is 11.1 Å². The first kappa shape index (κ1) is 13.2. The first-order valence-corrected chi connectivity index (χ1v) is 6.17. The second kappa shape index (κ2) is 5.17. The summed E-state index contributed by atoms with van der Waals surface area (Å²) in [4.78, 5) is 1.73. The minimum Gasteiger partial charge on any atom is -0.375 e. The summed E-state index contributed by atoms with van der Waals surface area (Å²) in [6.07, 6.45) is 0. The van der Waals surface area contributed by atoms with Gasteiger partial charge in [0.05, 0.1) is 15.7 Å². The Bertz CT molecular complexity index is 582. The van der Waals surface area contributed by atoms with Crippen molar-refractivity contribution in [3.05, 3.63) is 52.3 Å². The predicted molar refractivity (Wildman–Crippen MR) is 76.2 cm³/mol. The van der Waals surface area contributed by atoms with Gasteiger partial charge >= 0.3 is 0 Å². The van der Waals surface area contributed by atoms with E-state index in [-0.39, 0.29) is 5.82 Å². The Hall–Kier alpha value is -1.25. The molecular formula is C14H12Cl2FN. The van der Waals surface area contributed by atoms with Crippen LogP contribution in [0.15, 0.2) is 36.4 Å². The van der Waals surface area contributed by atoms with Gasteiger partial charge in [-0.25, -0.2) is 4.39 Å². The zero-order valence-corrected chi connectivity index (χ0v) is 11.6. The molecule has 0 aliphatic heterocycles. The summed E-state index contributed by atoms with van der Waals surface area (Å²) in [6.45, 7) is 0. The second-order valence-electron chi connectivity index (χ2n) is 4.19. The predicted octanol–water partition coefficient (Wildman–Crippen LogP) is 4.87. The highest BCUT2D eigenvalue weighted by Crippen LogP contribution is 2.30. The minimum atomic E-state index is -0.261. The van der Waals surface area contributed by atoms with E-state index in [1.807, 2.05) is 12.1 Å². The second-order valence-corrected chi connectivity index (χ2v) is 5.00. The molecule has 0 aromatic heterocycles. The van der Waals surface area contributed by atoms with Crippen LogP contribution in [0.5, 0.6) is 0 Å². The lowest BCUT2D eigenvalue weighted by molar-refractivity contribution is 0.626. The van der Waals surface area contributed by atoms with Crippen LogP contribution >= 0.6 is 23.2 Å². The molecule has 4 heteroatoms. The van der Waals surface area contributed by atoms with Crippen molar-refractivity contribution in [1.29, 1.82) is 0 Å². The fraction of sp³-hybridized carbons (Fsp3) is 0.143. The highest BCUT2D eigenvalue weighted by Gasteiger charge is 2.07. The zero-order chi connectivity index (χ0) is 13.3. The Kier molecular flexibility index (Phi) is 3.79.